The van der Waals surface area contributed by atoms with Crippen molar-refractivity contribution in [3.8, 4) is 23.6 Å². The molecule has 6 rings (SSSR count). The van der Waals surface area contributed by atoms with Crippen LogP contribution in [0.2, 0.25) is 0 Å². The zero-order valence-corrected chi connectivity index (χ0v) is 34.6. The summed E-state index contributed by atoms with van der Waals surface area (Å²) in [5.74, 6) is 5.88. The number of rotatable bonds is 20. The molecule has 0 spiro atoms. The SMILES string of the molecule is CN(C(=O)NCCNC(=O)CCCCCNC(=O)CCCC[C@@H]1SC[C@@H]2NC(=O)N[C@@H]21)C1=CN(c2ccc(C(=O)NCc3cn(-c4ccc(C#CC#N)cc4)nn3)cc2)NO1. The van der Waals surface area contributed by atoms with E-state index in [-0.39, 0.29) is 61.4 Å². The van der Waals surface area contributed by atoms with Crippen molar-refractivity contribution in [2.24, 2.45) is 0 Å². The zero-order valence-electron chi connectivity index (χ0n) is 33.7. The van der Waals surface area contributed by atoms with Gasteiger partial charge >= 0.3 is 12.1 Å². The number of carbonyl (C=O) groups excluding carboxylic acids is 5. The molecule has 0 saturated carbocycles. The standard InChI is InChI=1S/C41H49N13O6S/c1-52(41(59)45-23-22-44-36(56)10-3-2-6-21-43-35(55)11-5-4-9-34-38-33(27-61-34)47-40(58)48-38)37-26-54(51-60-37)32-18-14-29(15-19-32)39(57)46-24-30-25-53(50-49-30)31-16-12-28(13-17-31)8-7-20-42/h12-19,25-26,33-34,38,51H,2-6,9-11,21-24,27H2,1H3,(H,43,55)(H,44,56)(H,45,59)(H,46,57)(H2,47,48,58)/t33-,34-,38-/m0/s1. The number of fused-ring (bicyclic) bond motifs is 1. The van der Waals surface area contributed by atoms with Crippen LogP contribution >= 0.6 is 11.8 Å². The van der Waals surface area contributed by atoms with Crippen LogP contribution in [-0.4, -0.2) is 99.4 Å². The maximum Gasteiger partial charge on any atom is 0.324 e. The number of hydrazine groups is 1. The Kier molecular flexibility index (Phi) is 15.8. The Labute approximate surface area is 357 Å². The number of amides is 7. The van der Waals surface area contributed by atoms with Gasteiger partial charge in [-0.2, -0.15) is 17.0 Å². The van der Waals surface area contributed by atoms with Crippen molar-refractivity contribution in [1.82, 2.24) is 57.4 Å². The monoisotopic (exact) mass is 851 g/mol. The molecule has 2 fully saturated rings. The van der Waals surface area contributed by atoms with Crippen molar-refractivity contribution in [3.63, 3.8) is 0 Å². The molecular formula is C41H49N13O6S. The second-order valence-electron chi connectivity index (χ2n) is 14.5. The van der Waals surface area contributed by atoms with E-state index in [4.69, 9.17) is 10.1 Å². The number of nitrogens with one attached hydrogen (secondary N) is 7. The van der Waals surface area contributed by atoms with Gasteiger partial charge in [-0.15, -0.1) is 5.10 Å². The lowest BCUT2D eigenvalue weighted by Gasteiger charge is -2.17. The Morgan fingerprint density at radius 1 is 0.902 bits per heavy atom. The van der Waals surface area contributed by atoms with Gasteiger partial charge in [-0.25, -0.2) is 19.3 Å². The highest BCUT2D eigenvalue weighted by Gasteiger charge is 2.42. The molecule has 0 aliphatic carbocycles. The molecule has 4 heterocycles. The second-order valence-corrected chi connectivity index (χ2v) is 15.8. The van der Waals surface area contributed by atoms with Crippen LogP contribution in [0.1, 0.15) is 73.0 Å². The van der Waals surface area contributed by atoms with Crippen LogP contribution in [0, 0.1) is 23.2 Å². The fourth-order valence-corrected chi connectivity index (χ4v) is 8.29. The molecule has 3 aliphatic heterocycles. The number of hydrogen-bond donors (Lipinski definition) is 7. The first-order chi connectivity index (χ1) is 29.7. The minimum Gasteiger partial charge on any atom is -0.368 e. The largest absolute Gasteiger partial charge is 0.368 e. The lowest BCUT2D eigenvalue weighted by Crippen LogP contribution is -2.41. The van der Waals surface area contributed by atoms with Gasteiger partial charge < -0.3 is 36.7 Å². The predicted molar refractivity (Wildman–Crippen MR) is 226 cm³/mol. The van der Waals surface area contributed by atoms with Gasteiger partial charge in [0.1, 0.15) is 5.69 Å². The summed E-state index contributed by atoms with van der Waals surface area (Å²) in [5.41, 5.74) is 5.82. The molecule has 19 nitrogen and oxygen atoms in total. The maximum absolute atomic E-state index is 12.8. The molecule has 0 unspecified atom stereocenters. The third-order valence-electron chi connectivity index (χ3n) is 10.1. The van der Waals surface area contributed by atoms with E-state index < -0.39 is 6.03 Å². The first kappa shape index (κ1) is 43.8. The Morgan fingerprint density at radius 3 is 2.39 bits per heavy atom. The Bertz CT molecular complexity index is 2160. The van der Waals surface area contributed by atoms with Crippen molar-refractivity contribution in [2.75, 3.05) is 37.4 Å². The molecule has 2 aromatic carbocycles. The van der Waals surface area contributed by atoms with Crippen LogP contribution in [-0.2, 0) is 21.0 Å². The van der Waals surface area contributed by atoms with E-state index in [2.05, 4.69) is 59.6 Å². The Hall–Kier alpha value is -6.77. The maximum atomic E-state index is 12.8. The molecule has 1 aromatic heterocycles. The number of anilines is 1. The van der Waals surface area contributed by atoms with E-state index in [0.717, 1.165) is 43.5 Å². The quantitative estimate of drug-likeness (QED) is 0.0493. The van der Waals surface area contributed by atoms with E-state index >= 15 is 0 Å². The molecule has 0 bridgehead atoms. The molecule has 0 radical (unpaired) electrons. The number of carbonyl (C=O) groups is 5. The van der Waals surface area contributed by atoms with E-state index in [1.54, 1.807) is 83.7 Å². The van der Waals surface area contributed by atoms with Crippen LogP contribution < -0.4 is 42.5 Å². The van der Waals surface area contributed by atoms with Crippen molar-refractivity contribution >= 4 is 47.2 Å². The van der Waals surface area contributed by atoms with E-state index in [9.17, 15) is 24.0 Å². The summed E-state index contributed by atoms with van der Waals surface area (Å²) in [4.78, 5) is 68.3. The van der Waals surface area contributed by atoms with Gasteiger partial charge in [0.2, 0.25) is 17.7 Å². The highest BCUT2D eigenvalue weighted by atomic mass is 32.2. The van der Waals surface area contributed by atoms with Gasteiger partial charge in [-0.1, -0.05) is 29.6 Å². The molecule has 3 aliphatic rings. The van der Waals surface area contributed by atoms with E-state index in [1.165, 1.54) is 4.90 Å². The number of unbranched alkanes of at least 4 members (excludes halogenated alkanes) is 3. The minimum absolute atomic E-state index is 0.0410. The fraction of sp³-hybridized carbons (Fsp3) is 0.415. The summed E-state index contributed by atoms with van der Waals surface area (Å²) in [6.45, 7) is 1.23. The average molecular weight is 852 g/mol. The number of thioether (sulfide) groups is 1. The van der Waals surface area contributed by atoms with Gasteiger partial charge in [-0.05, 0) is 74.2 Å². The van der Waals surface area contributed by atoms with Crippen molar-refractivity contribution in [2.45, 2.75) is 75.2 Å². The third kappa shape index (κ3) is 12.9. The van der Waals surface area contributed by atoms with Crippen molar-refractivity contribution < 1.29 is 28.8 Å². The number of aromatic nitrogens is 3. The number of urea groups is 2. The van der Waals surface area contributed by atoms with Crippen LogP contribution in [0.5, 0.6) is 0 Å². The van der Waals surface area contributed by atoms with Crippen LogP contribution in [0.3, 0.4) is 0 Å². The third-order valence-corrected chi connectivity index (χ3v) is 11.6. The van der Waals surface area contributed by atoms with Gasteiger partial charge in [0.05, 0.1) is 42.4 Å². The van der Waals surface area contributed by atoms with Crippen molar-refractivity contribution in [3.05, 3.63) is 83.6 Å². The molecule has 61 heavy (non-hydrogen) atoms. The number of nitrogens with zero attached hydrogens (tertiary/aromatic N) is 6. The molecule has 3 aromatic rings. The fourth-order valence-electron chi connectivity index (χ4n) is 6.75. The average Bonchev–Trinajstić information content (AvgIpc) is 4.10. The molecular weight excluding hydrogens is 803 g/mol. The summed E-state index contributed by atoms with van der Waals surface area (Å²) in [5, 5.41) is 36.1. The normalized spacial score (nSPS) is 17.3. The first-order valence-corrected chi connectivity index (χ1v) is 21.2. The number of nitriles is 1. The van der Waals surface area contributed by atoms with Crippen LogP contribution in [0.4, 0.5) is 15.3 Å². The molecule has 2 saturated heterocycles. The highest BCUT2D eigenvalue weighted by Crippen LogP contribution is 2.33. The topological polar surface area (TPSA) is 240 Å². The second kappa shape index (κ2) is 22.0. The van der Waals surface area contributed by atoms with Gasteiger partial charge in [0.15, 0.2) is 6.07 Å². The van der Waals surface area contributed by atoms with E-state index in [0.29, 0.717) is 53.6 Å². The van der Waals surface area contributed by atoms with Gasteiger partial charge in [0, 0.05) is 67.6 Å². The minimum atomic E-state index is -0.430. The summed E-state index contributed by atoms with van der Waals surface area (Å²) in [6.07, 6.45) is 9.18. The van der Waals surface area contributed by atoms with Gasteiger partial charge in [0.25, 0.3) is 5.91 Å². The molecule has 7 N–H and O–H groups in total. The molecule has 7 amide bonds. The molecule has 320 valence electrons. The number of hydrogen-bond acceptors (Lipinski definition) is 12. The Morgan fingerprint density at radius 2 is 1.62 bits per heavy atom. The first-order valence-electron chi connectivity index (χ1n) is 20.1. The van der Waals surface area contributed by atoms with Gasteiger partial charge in [-0.3, -0.25) is 19.3 Å². The number of benzene rings is 2. The summed E-state index contributed by atoms with van der Waals surface area (Å²) in [6, 6.07) is 15.6. The van der Waals surface area contributed by atoms with Crippen molar-refractivity contribution in [1.29, 1.82) is 5.26 Å². The Balaban J connectivity index is 0.790. The highest BCUT2D eigenvalue weighted by molar-refractivity contribution is 8.00. The lowest BCUT2D eigenvalue weighted by atomic mass is 10.0. The smallest absolute Gasteiger partial charge is 0.324 e. The molecule has 3 atom stereocenters. The van der Waals surface area contributed by atoms with E-state index in [1.807, 2.05) is 11.8 Å². The summed E-state index contributed by atoms with van der Waals surface area (Å²) in [7, 11) is 1.55. The van der Waals surface area contributed by atoms with Crippen LogP contribution in [0.15, 0.2) is 66.8 Å². The zero-order chi connectivity index (χ0) is 43.0. The predicted octanol–water partition coefficient (Wildman–Crippen LogP) is 2.29. The summed E-state index contributed by atoms with van der Waals surface area (Å²) >= 11 is 1.88. The lowest BCUT2D eigenvalue weighted by molar-refractivity contribution is -0.122. The van der Waals surface area contributed by atoms with Crippen LogP contribution in [0.25, 0.3) is 5.69 Å². The molecule has 20 heteroatoms. The summed E-state index contributed by atoms with van der Waals surface area (Å²) < 4.78 is 1.58.